The van der Waals surface area contributed by atoms with E-state index in [9.17, 15) is 20.0 Å². The van der Waals surface area contributed by atoms with Gasteiger partial charge in [-0.25, -0.2) is 4.79 Å². The van der Waals surface area contributed by atoms with Crippen LogP contribution < -0.4 is 5.32 Å². The maximum atomic E-state index is 11.5. The monoisotopic (exact) mass is 314 g/mol. The molecule has 0 aromatic heterocycles. The van der Waals surface area contributed by atoms with Crippen LogP contribution in [0.2, 0.25) is 0 Å². The molecule has 0 aliphatic heterocycles. The van der Waals surface area contributed by atoms with Crippen molar-refractivity contribution in [3.05, 3.63) is 33.9 Å². The Hall–Kier alpha value is -1.80. The van der Waals surface area contributed by atoms with Gasteiger partial charge >= 0.3 is 5.97 Å². The van der Waals surface area contributed by atoms with Crippen LogP contribution in [0.5, 0.6) is 0 Å². The summed E-state index contributed by atoms with van der Waals surface area (Å²) in [5, 5.41) is 23.9. The number of hydrogen-bond donors (Lipinski definition) is 2. The average Bonchev–Trinajstić information content (AvgIpc) is 2.43. The van der Waals surface area contributed by atoms with Gasteiger partial charge in [0, 0.05) is 18.4 Å². The molecule has 0 amide bonds. The lowest BCUT2D eigenvalue weighted by Crippen LogP contribution is -2.36. The third-order valence-corrected chi connectivity index (χ3v) is 3.64. The van der Waals surface area contributed by atoms with Crippen LogP contribution in [0.1, 0.15) is 17.3 Å². The molecule has 0 saturated heterocycles. The molecule has 1 rings (SSSR count). The van der Waals surface area contributed by atoms with Gasteiger partial charge in [0.1, 0.15) is 5.69 Å². The van der Waals surface area contributed by atoms with E-state index in [0.717, 1.165) is 0 Å². The van der Waals surface area contributed by atoms with Gasteiger partial charge in [-0.3, -0.25) is 10.1 Å². The Kier molecular flexibility index (Phi) is 5.98. The van der Waals surface area contributed by atoms with Gasteiger partial charge in [-0.15, -0.1) is 0 Å². The topological polar surface area (TPSA) is 102 Å². The van der Waals surface area contributed by atoms with E-state index >= 15 is 0 Å². The van der Waals surface area contributed by atoms with Crippen molar-refractivity contribution in [3.8, 4) is 0 Å². The average molecular weight is 314 g/mol. The van der Waals surface area contributed by atoms with Gasteiger partial charge in [0.05, 0.1) is 23.2 Å². The summed E-state index contributed by atoms with van der Waals surface area (Å²) in [6.07, 6.45) is 1.86. The number of rotatable bonds is 7. The highest BCUT2D eigenvalue weighted by Gasteiger charge is 2.22. The summed E-state index contributed by atoms with van der Waals surface area (Å²) in [5.74, 6) is -0.103. The minimum absolute atomic E-state index is 0.124. The second-order valence-corrected chi connectivity index (χ2v) is 5.63. The van der Waals surface area contributed by atoms with E-state index in [1.165, 1.54) is 37.1 Å². The second-order valence-electron chi connectivity index (χ2n) is 4.76. The van der Waals surface area contributed by atoms with E-state index in [2.05, 4.69) is 10.1 Å². The summed E-state index contributed by atoms with van der Waals surface area (Å²) >= 11 is 1.47. The van der Waals surface area contributed by atoms with Crippen LogP contribution in [0, 0.1) is 10.1 Å². The lowest BCUT2D eigenvalue weighted by Gasteiger charge is -2.23. The van der Waals surface area contributed by atoms with Crippen LogP contribution in [-0.4, -0.2) is 47.3 Å². The molecule has 0 spiro atoms. The zero-order valence-electron chi connectivity index (χ0n) is 12.1. The minimum atomic E-state index is -1.02. The molecule has 0 aliphatic rings. The Labute approximate surface area is 126 Å². The number of ether oxygens (including phenoxy) is 1. The number of nitro groups is 1. The summed E-state index contributed by atoms with van der Waals surface area (Å²) in [6, 6.07) is 3.91. The summed E-state index contributed by atoms with van der Waals surface area (Å²) in [6.45, 7) is 1.76. The Morgan fingerprint density at radius 2 is 2.24 bits per heavy atom. The maximum Gasteiger partial charge on any atom is 0.337 e. The van der Waals surface area contributed by atoms with Crippen molar-refractivity contribution >= 4 is 29.1 Å². The number of esters is 1. The first-order chi connectivity index (χ1) is 9.80. The Balaban J connectivity index is 3.01. The number of carbonyl (C=O) groups is 1. The normalized spacial score (nSPS) is 13.3. The maximum absolute atomic E-state index is 11.5. The fourth-order valence-electron chi connectivity index (χ4n) is 1.73. The fraction of sp³-hybridized carbons (Fsp3) is 0.462. The van der Waals surface area contributed by atoms with Crippen molar-refractivity contribution in [2.24, 2.45) is 0 Å². The number of methoxy groups -OCH3 is 1. The number of nitro benzene ring substituents is 1. The van der Waals surface area contributed by atoms with Crippen LogP contribution in [0.15, 0.2) is 18.2 Å². The van der Waals surface area contributed by atoms with Gasteiger partial charge in [-0.1, -0.05) is 0 Å². The first-order valence-corrected chi connectivity index (χ1v) is 7.52. The molecule has 0 bridgehead atoms. The zero-order valence-corrected chi connectivity index (χ0v) is 12.9. The molecule has 0 fully saturated rings. The Morgan fingerprint density at radius 1 is 1.57 bits per heavy atom. The largest absolute Gasteiger partial charge is 0.465 e. The molecule has 2 N–H and O–H groups in total. The quantitative estimate of drug-likeness (QED) is 0.450. The Morgan fingerprint density at radius 3 is 2.76 bits per heavy atom. The molecular weight excluding hydrogens is 296 g/mol. The smallest absolute Gasteiger partial charge is 0.337 e. The number of nitrogens with zero attached hydrogens (tertiary/aromatic N) is 1. The molecule has 1 unspecified atom stereocenters. The molecule has 116 valence electrons. The predicted octanol–water partition coefficient (Wildman–Crippen LogP) is 1.91. The molecule has 8 heteroatoms. The number of benzene rings is 1. The van der Waals surface area contributed by atoms with Gasteiger partial charge in [-0.05, 0) is 25.3 Å². The molecular formula is C13H18N2O5S. The molecule has 21 heavy (non-hydrogen) atoms. The lowest BCUT2D eigenvalue weighted by molar-refractivity contribution is -0.384. The SMILES string of the molecule is COC(=O)c1ccc([N+](=O)[O-])c(NCC(C)(O)CSC)c1. The van der Waals surface area contributed by atoms with E-state index in [1.807, 2.05) is 6.26 Å². The van der Waals surface area contributed by atoms with E-state index in [0.29, 0.717) is 5.75 Å². The van der Waals surface area contributed by atoms with E-state index < -0.39 is 16.5 Å². The Bertz CT molecular complexity index is 533. The van der Waals surface area contributed by atoms with Crippen molar-refractivity contribution in [1.82, 2.24) is 0 Å². The minimum Gasteiger partial charge on any atom is -0.465 e. The predicted molar refractivity (Wildman–Crippen MR) is 81.9 cm³/mol. The van der Waals surface area contributed by atoms with Crippen LogP contribution >= 0.6 is 11.8 Å². The number of anilines is 1. The highest BCUT2D eigenvalue weighted by Crippen LogP contribution is 2.26. The summed E-state index contributed by atoms with van der Waals surface area (Å²) in [7, 11) is 1.24. The molecule has 1 aromatic rings. The molecule has 1 aromatic carbocycles. The zero-order chi connectivity index (χ0) is 16.0. The fourth-order valence-corrected chi connectivity index (χ4v) is 2.45. The van der Waals surface area contributed by atoms with Crippen LogP contribution in [0.3, 0.4) is 0 Å². The number of aliphatic hydroxyl groups is 1. The highest BCUT2D eigenvalue weighted by molar-refractivity contribution is 7.98. The molecule has 0 aliphatic carbocycles. The van der Waals surface area contributed by atoms with Gasteiger partial charge < -0.3 is 15.2 Å². The van der Waals surface area contributed by atoms with Crippen LogP contribution in [-0.2, 0) is 4.74 Å². The number of nitrogens with one attached hydrogen (secondary N) is 1. The van der Waals surface area contributed by atoms with Crippen molar-refractivity contribution in [1.29, 1.82) is 0 Å². The van der Waals surface area contributed by atoms with E-state index in [1.54, 1.807) is 6.92 Å². The van der Waals surface area contributed by atoms with Crippen molar-refractivity contribution in [3.63, 3.8) is 0 Å². The molecule has 7 nitrogen and oxygen atoms in total. The standard InChI is InChI=1S/C13H18N2O5S/c1-13(17,8-21-3)7-14-10-6-9(12(16)20-2)4-5-11(10)15(18)19/h4-6,14,17H,7-8H2,1-3H3. The first-order valence-electron chi connectivity index (χ1n) is 6.12. The second kappa shape index (κ2) is 7.28. The van der Waals surface area contributed by atoms with Gasteiger partial charge in [-0.2, -0.15) is 11.8 Å². The van der Waals surface area contributed by atoms with Gasteiger partial charge in [0.25, 0.3) is 5.69 Å². The van der Waals surface area contributed by atoms with Crippen molar-refractivity contribution in [2.45, 2.75) is 12.5 Å². The summed E-state index contributed by atoms with van der Waals surface area (Å²) < 4.78 is 4.59. The van der Waals surface area contributed by atoms with Crippen LogP contribution in [0.4, 0.5) is 11.4 Å². The third kappa shape index (κ3) is 4.91. The number of hydrogen-bond acceptors (Lipinski definition) is 7. The highest BCUT2D eigenvalue weighted by atomic mass is 32.2. The van der Waals surface area contributed by atoms with Crippen molar-refractivity contribution in [2.75, 3.05) is 31.0 Å². The number of carbonyl (C=O) groups excluding carboxylic acids is 1. The lowest BCUT2D eigenvalue weighted by atomic mass is 10.1. The van der Waals surface area contributed by atoms with Crippen molar-refractivity contribution < 1.29 is 19.6 Å². The van der Waals surface area contributed by atoms with Crippen LogP contribution in [0.25, 0.3) is 0 Å². The summed E-state index contributed by atoms with van der Waals surface area (Å²) in [4.78, 5) is 21.9. The molecule has 0 radical (unpaired) electrons. The number of thioether (sulfide) groups is 1. The molecule has 0 heterocycles. The molecule has 0 saturated carbocycles. The summed E-state index contributed by atoms with van der Waals surface area (Å²) in [5.41, 5.74) is -0.809. The first kappa shape index (κ1) is 17.3. The van der Waals surface area contributed by atoms with E-state index in [-0.39, 0.29) is 23.5 Å². The third-order valence-electron chi connectivity index (χ3n) is 2.73. The van der Waals surface area contributed by atoms with E-state index in [4.69, 9.17) is 0 Å². The van der Waals surface area contributed by atoms with Gasteiger partial charge in [0.15, 0.2) is 0 Å². The van der Waals surface area contributed by atoms with Gasteiger partial charge in [0.2, 0.25) is 0 Å². The molecule has 1 atom stereocenters.